The van der Waals surface area contributed by atoms with Gasteiger partial charge >= 0.3 is 17.9 Å². The highest BCUT2D eigenvalue weighted by Crippen LogP contribution is 2.18. The van der Waals surface area contributed by atoms with Crippen LogP contribution in [0.1, 0.15) is 13.3 Å². The Kier molecular flexibility index (Phi) is 7.92. The third-order valence-corrected chi connectivity index (χ3v) is 2.20. The fourth-order valence-electron chi connectivity index (χ4n) is 1.34. The predicted octanol–water partition coefficient (Wildman–Crippen LogP) is 1.01. The molecule has 0 saturated carbocycles. The lowest BCUT2D eigenvalue weighted by molar-refractivity contribution is -0.160. The summed E-state index contributed by atoms with van der Waals surface area (Å²) in [4.78, 5) is 35.1. The summed E-state index contributed by atoms with van der Waals surface area (Å²) >= 11 is 0. The predicted molar refractivity (Wildman–Crippen MR) is 67.1 cm³/mol. The Morgan fingerprint density at radius 3 is 2.21 bits per heavy atom. The first-order valence-electron chi connectivity index (χ1n) is 5.67. The van der Waals surface area contributed by atoms with Crippen LogP contribution in [0.2, 0.25) is 0 Å². The second kappa shape index (κ2) is 8.91. The van der Waals surface area contributed by atoms with Gasteiger partial charge in [-0.25, -0.2) is 4.79 Å². The van der Waals surface area contributed by atoms with E-state index in [4.69, 9.17) is 4.74 Å². The van der Waals surface area contributed by atoms with E-state index in [0.29, 0.717) is 6.42 Å². The third-order valence-electron chi connectivity index (χ3n) is 2.20. The van der Waals surface area contributed by atoms with Crippen molar-refractivity contribution in [3.8, 4) is 0 Å². The molecule has 0 N–H and O–H groups in total. The molecular formula is C13H18O6. The van der Waals surface area contributed by atoms with Crippen LogP contribution in [0.3, 0.4) is 0 Å². The molecule has 6 heteroatoms. The summed E-state index contributed by atoms with van der Waals surface area (Å²) in [7, 11) is 2.28. The first kappa shape index (κ1) is 16.9. The molecule has 1 atom stereocenters. The molecule has 6 nitrogen and oxygen atoms in total. The number of rotatable bonds is 7. The molecule has 0 fully saturated rings. The molecule has 0 bridgehead atoms. The van der Waals surface area contributed by atoms with Crippen LogP contribution < -0.4 is 0 Å². The maximum atomic E-state index is 11.8. The molecule has 0 aromatic heterocycles. The van der Waals surface area contributed by atoms with Gasteiger partial charge in [0.05, 0.1) is 26.4 Å². The van der Waals surface area contributed by atoms with E-state index >= 15 is 0 Å². The number of allylic oxidation sites excluding steroid dienone is 2. The van der Waals surface area contributed by atoms with Gasteiger partial charge in [-0.1, -0.05) is 12.2 Å². The molecule has 0 saturated heterocycles. The molecule has 19 heavy (non-hydrogen) atoms. The smallest absolute Gasteiger partial charge is 0.334 e. The number of carbonyl (C=O) groups is 3. The maximum Gasteiger partial charge on any atom is 0.334 e. The zero-order valence-electron chi connectivity index (χ0n) is 11.3. The van der Waals surface area contributed by atoms with Crippen LogP contribution in [0.25, 0.3) is 0 Å². The average Bonchev–Trinajstić information content (AvgIpc) is 2.41. The largest absolute Gasteiger partial charge is 0.468 e. The molecule has 0 rings (SSSR count). The van der Waals surface area contributed by atoms with Crippen LogP contribution in [-0.4, -0.2) is 38.7 Å². The van der Waals surface area contributed by atoms with Crippen molar-refractivity contribution in [2.45, 2.75) is 13.3 Å². The van der Waals surface area contributed by atoms with E-state index in [2.05, 4.69) is 16.1 Å². The van der Waals surface area contributed by atoms with Crippen LogP contribution in [0.4, 0.5) is 0 Å². The molecule has 1 unspecified atom stereocenters. The van der Waals surface area contributed by atoms with Gasteiger partial charge in [0.15, 0.2) is 5.92 Å². The van der Waals surface area contributed by atoms with E-state index in [1.165, 1.54) is 12.2 Å². The number of esters is 3. The normalized spacial score (nSPS) is 12.3. The first-order chi connectivity index (χ1) is 9.03. The van der Waals surface area contributed by atoms with Gasteiger partial charge in [-0.2, -0.15) is 0 Å². The lowest BCUT2D eigenvalue weighted by Gasteiger charge is -2.15. The van der Waals surface area contributed by atoms with Gasteiger partial charge in [0.25, 0.3) is 0 Å². The average molecular weight is 270 g/mol. The van der Waals surface area contributed by atoms with Crippen molar-refractivity contribution in [1.29, 1.82) is 0 Å². The van der Waals surface area contributed by atoms with E-state index in [1.54, 1.807) is 6.92 Å². The van der Waals surface area contributed by atoms with Gasteiger partial charge in [0.2, 0.25) is 0 Å². The van der Waals surface area contributed by atoms with Crippen molar-refractivity contribution in [3.05, 3.63) is 24.3 Å². The lowest BCUT2D eigenvalue weighted by atomic mass is 9.98. The third kappa shape index (κ3) is 4.95. The second-order valence-corrected chi connectivity index (χ2v) is 3.38. The maximum absolute atomic E-state index is 11.8. The van der Waals surface area contributed by atoms with Crippen LogP contribution in [-0.2, 0) is 28.6 Å². The van der Waals surface area contributed by atoms with Crippen LogP contribution in [0, 0.1) is 5.92 Å². The molecule has 0 radical (unpaired) electrons. The van der Waals surface area contributed by atoms with Gasteiger partial charge in [0, 0.05) is 0 Å². The highest BCUT2D eigenvalue weighted by molar-refractivity contribution is 6.07. The fourth-order valence-corrected chi connectivity index (χ4v) is 1.34. The lowest BCUT2D eigenvalue weighted by Crippen LogP contribution is -2.32. The fraction of sp³-hybridized carbons (Fsp3) is 0.462. The van der Waals surface area contributed by atoms with Crippen molar-refractivity contribution in [2.24, 2.45) is 5.92 Å². The summed E-state index contributed by atoms with van der Waals surface area (Å²) in [5.74, 6) is -3.96. The number of carbonyl (C=O) groups excluding carboxylic acids is 3. The Hall–Kier alpha value is -2.11. The highest BCUT2D eigenvalue weighted by Gasteiger charge is 2.36. The Bertz CT molecular complexity index is 383. The zero-order chi connectivity index (χ0) is 14.8. The topological polar surface area (TPSA) is 78.9 Å². The van der Waals surface area contributed by atoms with Gasteiger partial charge in [-0.3, -0.25) is 9.59 Å². The number of ether oxygens (including phenoxy) is 3. The highest BCUT2D eigenvalue weighted by atomic mass is 16.6. The second-order valence-electron chi connectivity index (χ2n) is 3.38. The van der Waals surface area contributed by atoms with Crippen molar-refractivity contribution < 1.29 is 28.6 Å². The molecule has 0 aromatic carbocycles. The standard InChI is InChI=1S/C13H18O6/c1-5-7-8-9(11(14)17-3)10(12(15)18-4)13(16)19-6-2/h5,8,10H,1,6-7H2,2-4H3/b9-8-. The summed E-state index contributed by atoms with van der Waals surface area (Å²) in [6, 6.07) is 0. The molecule has 0 heterocycles. The minimum Gasteiger partial charge on any atom is -0.468 e. The summed E-state index contributed by atoms with van der Waals surface area (Å²) in [5, 5.41) is 0. The van der Waals surface area contributed by atoms with E-state index in [-0.39, 0.29) is 12.2 Å². The van der Waals surface area contributed by atoms with Gasteiger partial charge < -0.3 is 14.2 Å². The molecule has 0 aromatic rings. The summed E-state index contributed by atoms with van der Waals surface area (Å²) in [6.45, 7) is 5.17. The quantitative estimate of drug-likeness (QED) is 0.226. The van der Waals surface area contributed by atoms with Crippen LogP contribution in [0.15, 0.2) is 24.3 Å². The molecule has 0 spiro atoms. The van der Waals surface area contributed by atoms with E-state index in [9.17, 15) is 14.4 Å². The Morgan fingerprint density at radius 2 is 1.79 bits per heavy atom. The molecule has 0 aliphatic heterocycles. The molecule has 0 amide bonds. The summed E-state index contributed by atoms with van der Waals surface area (Å²) < 4.78 is 13.8. The first-order valence-corrected chi connectivity index (χ1v) is 5.67. The monoisotopic (exact) mass is 270 g/mol. The van der Waals surface area contributed by atoms with E-state index in [1.807, 2.05) is 0 Å². The Morgan fingerprint density at radius 1 is 1.16 bits per heavy atom. The van der Waals surface area contributed by atoms with Crippen molar-refractivity contribution >= 4 is 17.9 Å². The van der Waals surface area contributed by atoms with E-state index in [0.717, 1.165) is 14.2 Å². The SMILES string of the molecule is C=CC/C=C(\C(=O)OC)C(C(=O)OC)C(=O)OCC. The van der Waals surface area contributed by atoms with Crippen LogP contribution in [0.5, 0.6) is 0 Å². The molecular weight excluding hydrogens is 252 g/mol. The number of hydrogen-bond donors (Lipinski definition) is 0. The van der Waals surface area contributed by atoms with Crippen molar-refractivity contribution in [3.63, 3.8) is 0 Å². The van der Waals surface area contributed by atoms with Gasteiger partial charge in [-0.15, -0.1) is 6.58 Å². The molecule has 106 valence electrons. The van der Waals surface area contributed by atoms with Crippen LogP contribution >= 0.6 is 0 Å². The van der Waals surface area contributed by atoms with Gasteiger partial charge in [0.1, 0.15) is 0 Å². The van der Waals surface area contributed by atoms with Crippen molar-refractivity contribution in [2.75, 3.05) is 20.8 Å². The molecule has 0 aliphatic rings. The minimum atomic E-state index is -1.45. The number of methoxy groups -OCH3 is 2. The number of hydrogen-bond acceptors (Lipinski definition) is 6. The Labute approximate surface area is 112 Å². The van der Waals surface area contributed by atoms with Gasteiger partial charge in [-0.05, 0) is 13.3 Å². The minimum absolute atomic E-state index is 0.0856. The van der Waals surface area contributed by atoms with E-state index < -0.39 is 23.8 Å². The van der Waals surface area contributed by atoms with Crippen molar-refractivity contribution in [1.82, 2.24) is 0 Å². The molecule has 0 aliphatic carbocycles. The zero-order valence-corrected chi connectivity index (χ0v) is 11.3. The Balaban J connectivity index is 5.47. The summed E-state index contributed by atoms with van der Waals surface area (Å²) in [6.07, 6.45) is 3.21. The summed E-state index contributed by atoms with van der Waals surface area (Å²) in [5.41, 5.74) is -0.118.